The van der Waals surface area contributed by atoms with Gasteiger partial charge in [-0.05, 0) is 37.8 Å². The SMILES string of the molecule is C[C@H](NC(=O)OCc1ccccc1)C(=O)NCCCCCCCCCCCCCNC(=O)[C@H](C)NC(=O)OCc1ccccc1. The highest BCUT2D eigenvalue weighted by atomic mass is 16.6. The van der Waals surface area contributed by atoms with Crippen molar-refractivity contribution in [2.24, 2.45) is 0 Å². The van der Waals surface area contributed by atoms with Gasteiger partial charge in [-0.15, -0.1) is 0 Å². The number of rotatable bonds is 22. The molecule has 0 unspecified atom stereocenters. The molecule has 248 valence electrons. The Bertz CT molecular complexity index is 1030. The average molecular weight is 625 g/mol. The molecule has 45 heavy (non-hydrogen) atoms. The summed E-state index contributed by atoms with van der Waals surface area (Å²) >= 11 is 0. The van der Waals surface area contributed by atoms with Gasteiger partial charge in [0.2, 0.25) is 11.8 Å². The van der Waals surface area contributed by atoms with E-state index in [1.54, 1.807) is 13.8 Å². The first-order valence-electron chi connectivity index (χ1n) is 16.3. The standard InChI is InChI=1S/C35H52N4O6/c1-28(38-34(42)44-26-30-20-14-12-15-21-30)32(40)36-24-18-10-8-6-4-3-5-7-9-11-19-25-37-33(41)29(2)39-35(43)45-27-31-22-16-13-17-23-31/h12-17,20-23,28-29H,3-11,18-19,24-27H2,1-2H3,(H,36,40)(H,37,41)(H,38,42)(H,39,43)/t28-,29-/m0/s1. The molecule has 10 heteroatoms. The maximum Gasteiger partial charge on any atom is 0.408 e. The van der Waals surface area contributed by atoms with Gasteiger partial charge in [0.1, 0.15) is 25.3 Å². The Labute approximate surface area is 268 Å². The first-order valence-corrected chi connectivity index (χ1v) is 16.3. The zero-order chi connectivity index (χ0) is 32.5. The zero-order valence-electron chi connectivity index (χ0n) is 27.0. The van der Waals surface area contributed by atoms with E-state index in [0.717, 1.165) is 49.7 Å². The lowest BCUT2D eigenvalue weighted by atomic mass is 10.1. The number of benzene rings is 2. The van der Waals surface area contributed by atoms with E-state index in [4.69, 9.17) is 9.47 Å². The van der Waals surface area contributed by atoms with Crippen molar-refractivity contribution in [3.63, 3.8) is 0 Å². The van der Waals surface area contributed by atoms with Crippen LogP contribution in [0.5, 0.6) is 0 Å². The highest BCUT2D eigenvalue weighted by Crippen LogP contribution is 2.11. The summed E-state index contributed by atoms with van der Waals surface area (Å²) in [5, 5.41) is 10.9. The minimum atomic E-state index is -0.652. The van der Waals surface area contributed by atoms with E-state index in [1.807, 2.05) is 60.7 Å². The van der Waals surface area contributed by atoms with Gasteiger partial charge in [-0.25, -0.2) is 9.59 Å². The largest absolute Gasteiger partial charge is 0.445 e. The first kappa shape index (κ1) is 37.1. The molecule has 2 aromatic rings. The third-order valence-electron chi connectivity index (χ3n) is 7.33. The van der Waals surface area contributed by atoms with E-state index in [9.17, 15) is 19.2 Å². The molecule has 0 aliphatic carbocycles. The van der Waals surface area contributed by atoms with E-state index >= 15 is 0 Å². The Morgan fingerprint density at radius 2 is 0.822 bits per heavy atom. The molecule has 0 heterocycles. The van der Waals surface area contributed by atoms with E-state index in [2.05, 4.69) is 21.3 Å². The normalized spacial score (nSPS) is 12.0. The molecule has 4 amide bonds. The molecule has 0 aromatic heterocycles. The van der Waals surface area contributed by atoms with Gasteiger partial charge in [-0.2, -0.15) is 0 Å². The number of hydrogen-bond acceptors (Lipinski definition) is 6. The van der Waals surface area contributed by atoms with Crippen LogP contribution in [0, 0.1) is 0 Å². The fraction of sp³-hybridized carbons (Fsp3) is 0.543. The molecule has 0 saturated carbocycles. The van der Waals surface area contributed by atoms with E-state index in [-0.39, 0.29) is 25.0 Å². The van der Waals surface area contributed by atoms with Crippen LogP contribution in [0.2, 0.25) is 0 Å². The second kappa shape index (κ2) is 23.3. The Morgan fingerprint density at radius 1 is 0.511 bits per heavy atom. The topological polar surface area (TPSA) is 135 Å². The maximum atomic E-state index is 12.2. The lowest BCUT2D eigenvalue weighted by Crippen LogP contribution is -2.45. The van der Waals surface area contributed by atoms with Gasteiger partial charge in [0.15, 0.2) is 0 Å². The fourth-order valence-electron chi connectivity index (χ4n) is 4.58. The van der Waals surface area contributed by atoms with Crippen LogP contribution in [0.25, 0.3) is 0 Å². The fourth-order valence-corrected chi connectivity index (χ4v) is 4.58. The molecule has 0 bridgehead atoms. The summed E-state index contributed by atoms with van der Waals surface area (Å²) in [6, 6.07) is 17.5. The van der Waals surface area contributed by atoms with Crippen LogP contribution in [-0.2, 0) is 32.3 Å². The zero-order valence-corrected chi connectivity index (χ0v) is 27.0. The van der Waals surface area contributed by atoms with Crippen molar-refractivity contribution < 1.29 is 28.7 Å². The van der Waals surface area contributed by atoms with E-state index in [1.165, 1.54) is 32.1 Å². The van der Waals surface area contributed by atoms with Crippen LogP contribution in [0.15, 0.2) is 60.7 Å². The monoisotopic (exact) mass is 624 g/mol. The highest BCUT2D eigenvalue weighted by molar-refractivity contribution is 5.85. The lowest BCUT2D eigenvalue weighted by molar-refractivity contribution is -0.123. The molecular weight excluding hydrogens is 572 g/mol. The number of hydrogen-bond donors (Lipinski definition) is 4. The molecule has 2 aromatic carbocycles. The van der Waals surface area contributed by atoms with Gasteiger partial charge in [-0.1, -0.05) is 118 Å². The summed E-state index contributed by atoms with van der Waals surface area (Å²) in [4.78, 5) is 48.2. The van der Waals surface area contributed by atoms with Crippen molar-refractivity contribution in [2.75, 3.05) is 13.1 Å². The molecule has 0 fully saturated rings. The first-order chi connectivity index (χ1) is 21.8. The van der Waals surface area contributed by atoms with Crippen molar-refractivity contribution in [1.82, 2.24) is 21.3 Å². The maximum absolute atomic E-state index is 12.2. The van der Waals surface area contributed by atoms with E-state index < -0.39 is 24.3 Å². The minimum absolute atomic E-state index is 0.166. The molecule has 10 nitrogen and oxygen atoms in total. The lowest BCUT2D eigenvalue weighted by Gasteiger charge is -2.14. The van der Waals surface area contributed by atoms with Crippen LogP contribution in [0.1, 0.15) is 95.6 Å². The summed E-state index contributed by atoms with van der Waals surface area (Å²) in [7, 11) is 0. The van der Waals surface area contributed by atoms with Crippen LogP contribution in [0.3, 0.4) is 0 Å². The molecule has 0 aliphatic heterocycles. The van der Waals surface area contributed by atoms with Crippen LogP contribution in [0.4, 0.5) is 9.59 Å². The van der Waals surface area contributed by atoms with Crippen LogP contribution < -0.4 is 21.3 Å². The van der Waals surface area contributed by atoms with Gasteiger partial charge in [-0.3, -0.25) is 9.59 Å². The average Bonchev–Trinajstić information content (AvgIpc) is 3.05. The summed E-state index contributed by atoms with van der Waals surface area (Å²) in [6.07, 6.45) is 11.1. The number of nitrogens with one attached hydrogen (secondary N) is 4. The molecule has 0 spiro atoms. The number of carbonyl (C=O) groups is 4. The van der Waals surface area contributed by atoms with Crippen molar-refractivity contribution in [1.29, 1.82) is 0 Å². The predicted octanol–water partition coefficient (Wildman–Crippen LogP) is 6.14. The summed E-state index contributed by atoms with van der Waals surface area (Å²) in [5.74, 6) is -0.422. The molecule has 0 aliphatic rings. The Morgan fingerprint density at radius 3 is 1.16 bits per heavy atom. The number of carbonyl (C=O) groups excluding carboxylic acids is 4. The predicted molar refractivity (Wildman–Crippen MR) is 175 cm³/mol. The van der Waals surface area contributed by atoms with Crippen molar-refractivity contribution >= 4 is 24.0 Å². The molecule has 2 atom stereocenters. The van der Waals surface area contributed by atoms with Crippen molar-refractivity contribution in [3.05, 3.63) is 71.8 Å². The molecule has 0 radical (unpaired) electrons. The Hall–Kier alpha value is -4.08. The quantitative estimate of drug-likeness (QED) is 0.116. The van der Waals surface area contributed by atoms with Crippen molar-refractivity contribution in [2.45, 2.75) is 110 Å². The van der Waals surface area contributed by atoms with Gasteiger partial charge in [0, 0.05) is 13.1 Å². The van der Waals surface area contributed by atoms with Gasteiger partial charge in [0.05, 0.1) is 0 Å². The number of amides is 4. The molecule has 4 N–H and O–H groups in total. The number of unbranched alkanes of at least 4 members (excludes halogenated alkanes) is 10. The van der Waals surface area contributed by atoms with Crippen LogP contribution in [-0.4, -0.2) is 49.2 Å². The summed E-state index contributed by atoms with van der Waals surface area (Å²) in [6.45, 7) is 4.82. The third-order valence-corrected chi connectivity index (χ3v) is 7.33. The van der Waals surface area contributed by atoms with Gasteiger partial charge >= 0.3 is 12.2 Å². The number of ether oxygens (including phenoxy) is 2. The van der Waals surface area contributed by atoms with E-state index in [0.29, 0.717) is 13.1 Å². The van der Waals surface area contributed by atoms with Crippen LogP contribution >= 0.6 is 0 Å². The summed E-state index contributed by atoms with van der Waals surface area (Å²) < 4.78 is 10.3. The van der Waals surface area contributed by atoms with Gasteiger partial charge < -0.3 is 30.7 Å². The van der Waals surface area contributed by atoms with Gasteiger partial charge in [0.25, 0.3) is 0 Å². The molecule has 0 saturated heterocycles. The van der Waals surface area contributed by atoms with Crippen molar-refractivity contribution in [3.8, 4) is 0 Å². The second-order valence-electron chi connectivity index (χ2n) is 11.3. The second-order valence-corrected chi connectivity index (χ2v) is 11.3. The Balaban J connectivity index is 1.33. The number of alkyl carbamates (subject to hydrolysis) is 2. The molecule has 2 rings (SSSR count). The highest BCUT2D eigenvalue weighted by Gasteiger charge is 2.17. The summed E-state index contributed by atoms with van der Waals surface area (Å²) in [5.41, 5.74) is 1.78. The molecular formula is C35H52N4O6. The smallest absolute Gasteiger partial charge is 0.408 e. The third kappa shape index (κ3) is 18.4. The minimum Gasteiger partial charge on any atom is -0.445 e. The Kier molecular flexibility index (Phi) is 19.2.